The molecule has 1 atom stereocenters. The van der Waals surface area contributed by atoms with Crippen LogP contribution in [0.2, 0.25) is 0 Å². The predicted molar refractivity (Wildman–Crippen MR) is 95.4 cm³/mol. The fraction of sp³-hybridized carbons (Fsp3) is 0.158. The summed E-state index contributed by atoms with van der Waals surface area (Å²) < 4.78 is 0. The zero-order valence-electron chi connectivity index (χ0n) is 13.6. The van der Waals surface area contributed by atoms with Crippen molar-refractivity contribution >= 4 is 22.6 Å². The molecule has 0 fully saturated rings. The summed E-state index contributed by atoms with van der Waals surface area (Å²) in [6.07, 6.45) is 2.01. The number of aromatic nitrogens is 1. The van der Waals surface area contributed by atoms with Crippen molar-refractivity contribution < 1.29 is 20.1 Å². The van der Waals surface area contributed by atoms with Crippen molar-refractivity contribution in [2.24, 2.45) is 4.99 Å². The molecule has 0 radical (unpaired) electrons. The Kier molecular flexibility index (Phi) is 4.43. The number of benzene rings is 2. The zero-order chi connectivity index (χ0) is 18.0. The number of aromatic hydroxyl groups is 2. The lowest BCUT2D eigenvalue weighted by Crippen LogP contribution is -2.22. The summed E-state index contributed by atoms with van der Waals surface area (Å²) in [5, 5.41) is 30.0. The number of rotatable bonds is 5. The van der Waals surface area contributed by atoms with Gasteiger partial charge in [0.25, 0.3) is 0 Å². The molecule has 25 heavy (non-hydrogen) atoms. The van der Waals surface area contributed by atoms with E-state index in [-0.39, 0.29) is 17.9 Å². The second-order valence-electron chi connectivity index (χ2n) is 5.83. The first kappa shape index (κ1) is 16.6. The van der Waals surface area contributed by atoms with Gasteiger partial charge in [0.05, 0.1) is 0 Å². The Morgan fingerprint density at radius 3 is 2.72 bits per heavy atom. The fourth-order valence-corrected chi connectivity index (χ4v) is 2.81. The number of hydrogen-bond acceptors (Lipinski definition) is 4. The van der Waals surface area contributed by atoms with Crippen molar-refractivity contribution in [2.45, 2.75) is 19.4 Å². The second-order valence-corrected chi connectivity index (χ2v) is 5.83. The first-order valence-electron chi connectivity index (χ1n) is 7.80. The van der Waals surface area contributed by atoms with Gasteiger partial charge in [-0.3, -0.25) is 4.99 Å². The van der Waals surface area contributed by atoms with Gasteiger partial charge in [-0.25, -0.2) is 4.79 Å². The average molecular weight is 338 g/mol. The van der Waals surface area contributed by atoms with Gasteiger partial charge in [0.15, 0.2) is 6.04 Å². The van der Waals surface area contributed by atoms with Crippen molar-refractivity contribution in [3.8, 4) is 11.5 Å². The number of hydrogen-bond donors (Lipinski definition) is 4. The molecule has 3 rings (SSSR count). The normalized spacial score (nSPS) is 13.1. The SMILES string of the molecule is C/C(=N\C(Cc1c[nH]c2ccccc12)C(=O)O)c1cc(O)ccc1O. The molecule has 0 aliphatic carbocycles. The average Bonchev–Trinajstić information content (AvgIpc) is 2.99. The van der Waals surface area contributed by atoms with E-state index in [1.54, 1.807) is 13.1 Å². The van der Waals surface area contributed by atoms with E-state index in [2.05, 4.69) is 9.98 Å². The summed E-state index contributed by atoms with van der Waals surface area (Å²) in [7, 11) is 0. The summed E-state index contributed by atoms with van der Waals surface area (Å²) >= 11 is 0. The third kappa shape index (κ3) is 3.47. The number of aliphatic carboxylic acids is 1. The zero-order valence-corrected chi connectivity index (χ0v) is 13.6. The van der Waals surface area contributed by atoms with Crippen molar-refractivity contribution in [3.05, 3.63) is 59.8 Å². The first-order chi connectivity index (χ1) is 12.0. The molecule has 0 spiro atoms. The van der Waals surface area contributed by atoms with Gasteiger partial charge in [0.2, 0.25) is 0 Å². The van der Waals surface area contributed by atoms with Gasteiger partial charge in [0, 0.05) is 34.8 Å². The number of para-hydroxylation sites is 1. The Morgan fingerprint density at radius 2 is 1.96 bits per heavy atom. The maximum absolute atomic E-state index is 11.7. The van der Waals surface area contributed by atoms with Crippen LogP contribution in [0, 0.1) is 0 Å². The number of H-pyrrole nitrogens is 1. The number of phenols is 2. The molecule has 0 saturated carbocycles. The van der Waals surface area contributed by atoms with Crippen molar-refractivity contribution in [1.82, 2.24) is 4.98 Å². The molecule has 0 aliphatic rings. The summed E-state index contributed by atoms with van der Waals surface area (Å²) in [4.78, 5) is 19.0. The van der Waals surface area contributed by atoms with Crippen molar-refractivity contribution in [2.75, 3.05) is 0 Å². The molecule has 1 unspecified atom stereocenters. The van der Waals surface area contributed by atoms with Gasteiger partial charge in [-0.15, -0.1) is 0 Å². The van der Waals surface area contributed by atoms with Crippen molar-refractivity contribution in [3.63, 3.8) is 0 Å². The predicted octanol–water partition coefficient (Wildman–Crippen LogP) is 3.08. The molecule has 1 aromatic heterocycles. The Labute approximate surface area is 144 Å². The number of carboxylic acids is 1. The third-order valence-corrected chi connectivity index (χ3v) is 4.09. The molecule has 0 amide bonds. The number of nitrogens with zero attached hydrogens (tertiary/aromatic N) is 1. The van der Waals surface area contributed by atoms with Gasteiger partial charge < -0.3 is 20.3 Å². The van der Waals surface area contributed by atoms with E-state index in [0.717, 1.165) is 16.5 Å². The largest absolute Gasteiger partial charge is 0.508 e. The lowest BCUT2D eigenvalue weighted by Gasteiger charge is -2.11. The number of aliphatic imine (C=N–C) groups is 1. The molecular weight excluding hydrogens is 320 g/mol. The van der Waals surface area contributed by atoms with E-state index in [0.29, 0.717) is 11.3 Å². The molecule has 128 valence electrons. The van der Waals surface area contributed by atoms with Gasteiger partial charge in [0.1, 0.15) is 11.5 Å². The number of aromatic amines is 1. The molecule has 3 aromatic rings. The second kappa shape index (κ2) is 6.68. The van der Waals surface area contributed by atoms with Crippen LogP contribution in [0.25, 0.3) is 10.9 Å². The Hall–Kier alpha value is -3.28. The Bertz CT molecular complexity index is 959. The van der Waals surface area contributed by atoms with Crippen molar-refractivity contribution in [1.29, 1.82) is 0 Å². The maximum Gasteiger partial charge on any atom is 0.328 e. The van der Waals surface area contributed by atoms with E-state index in [1.807, 2.05) is 24.3 Å². The van der Waals surface area contributed by atoms with E-state index in [1.165, 1.54) is 18.2 Å². The molecule has 0 aliphatic heterocycles. The Morgan fingerprint density at radius 1 is 1.20 bits per heavy atom. The topological polar surface area (TPSA) is 106 Å². The minimum absolute atomic E-state index is 0.0224. The standard InChI is InChI=1S/C19H18N2O4/c1-11(15-9-13(22)6-7-18(15)23)21-17(19(24)25)8-12-10-20-16-5-3-2-4-14(12)16/h2-7,9-10,17,20,22-23H,8H2,1H3,(H,24,25)/b21-11+. The van der Waals surface area contributed by atoms with E-state index in [4.69, 9.17) is 0 Å². The van der Waals surface area contributed by atoms with Crippen LogP contribution < -0.4 is 0 Å². The minimum atomic E-state index is -1.05. The summed E-state index contributed by atoms with van der Waals surface area (Å²) in [5.74, 6) is -1.13. The Balaban J connectivity index is 1.93. The van der Waals surface area contributed by atoms with Crippen LogP contribution in [-0.4, -0.2) is 38.0 Å². The monoisotopic (exact) mass is 338 g/mol. The number of carboxylic acid groups (broad SMARTS) is 1. The number of phenolic OH excluding ortho intramolecular Hbond substituents is 2. The quantitative estimate of drug-likeness (QED) is 0.424. The highest BCUT2D eigenvalue weighted by molar-refractivity contribution is 6.02. The fourth-order valence-electron chi connectivity index (χ4n) is 2.81. The molecular formula is C19H18N2O4. The van der Waals surface area contributed by atoms with Gasteiger partial charge in [-0.2, -0.15) is 0 Å². The van der Waals surface area contributed by atoms with Gasteiger partial charge in [-0.05, 0) is 36.8 Å². The molecule has 6 nitrogen and oxygen atoms in total. The molecule has 6 heteroatoms. The lowest BCUT2D eigenvalue weighted by molar-refractivity contribution is -0.138. The smallest absolute Gasteiger partial charge is 0.328 e. The molecule has 0 saturated heterocycles. The van der Waals surface area contributed by atoms with E-state index < -0.39 is 12.0 Å². The van der Waals surface area contributed by atoms with Crippen LogP contribution in [-0.2, 0) is 11.2 Å². The third-order valence-electron chi connectivity index (χ3n) is 4.09. The summed E-state index contributed by atoms with van der Waals surface area (Å²) in [6, 6.07) is 10.7. The highest BCUT2D eigenvalue weighted by atomic mass is 16.4. The molecule has 1 heterocycles. The van der Waals surface area contributed by atoms with Crippen LogP contribution in [0.5, 0.6) is 11.5 Å². The molecule has 0 bridgehead atoms. The van der Waals surface area contributed by atoms with Crippen LogP contribution in [0.3, 0.4) is 0 Å². The summed E-state index contributed by atoms with van der Waals surface area (Å²) in [6.45, 7) is 1.61. The minimum Gasteiger partial charge on any atom is -0.508 e. The summed E-state index contributed by atoms with van der Waals surface area (Å²) in [5.41, 5.74) is 2.46. The lowest BCUT2D eigenvalue weighted by atomic mass is 10.0. The number of fused-ring (bicyclic) bond motifs is 1. The van der Waals surface area contributed by atoms with E-state index >= 15 is 0 Å². The van der Waals surface area contributed by atoms with Gasteiger partial charge in [-0.1, -0.05) is 18.2 Å². The van der Waals surface area contributed by atoms with Crippen LogP contribution in [0.1, 0.15) is 18.1 Å². The van der Waals surface area contributed by atoms with Crippen LogP contribution in [0.15, 0.2) is 53.7 Å². The molecule has 4 N–H and O–H groups in total. The molecule has 2 aromatic carbocycles. The van der Waals surface area contributed by atoms with Crippen LogP contribution >= 0.6 is 0 Å². The first-order valence-corrected chi connectivity index (χ1v) is 7.80. The van der Waals surface area contributed by atoms with Crippen LogP contribution in [0.4, 0.5) is 0 Å². The number of carbonyl (C=O) groups is 1. The highest BCUT2D eigenvalue weighted by Crippen LogP contribution is 2.24. The number of nitrogens with one attached hydrogen (secondary N) is 1. The highest BCUT2D eigenvalue weighted by Gasteiger charge is 2.20. The maximum atomic E-state index is 11.7. The van der Waals surface area contributed by atoms with E-state index in [9.17, 15) is 20.1 Å². The van der Waals surface area contributed by atoms with Gasteiger partial charge >= 0.3 is 5.97 Å².